The Hall–Kier alpha value is -0.420. The number of nitrogens with two attached hydrogens (primary N) is 1. The van der Waals surface area contributed by atoms with E-state index in [0.29, 0.717) is 5.25 Å². The Balaban J connectivity index is 2.40. The molecule has 0 aliphatic carbocycles. The third-order valence-corrected chi connectivity index (χ3v) is 3.56. The maximum absolute atomic E-state index is 5.38. The molecule has 0 bridgehead atoms. The van der Waals surface area contributed by atoms with Gasteiger partial charge in [0.2, 0.25) is 5.96 Å². The molecule has 1 aliphatic heterocycles. The van der Waals surface area contributed by atoms with Gasteiger partial charge in [0.25, 0.3) is 0 Å². The Labute approximate surface area is 90.3 Å². The fraction of sp³-hybridized carbons (Fsp3) is 0.889. The second kappa shape index (κ2) is 5.46. The molecule has 82 valence electrons. The second-order valence-electron chi connectivity index (χ2n) is 3.73. The molecule has 1 heterocycles. The number of rotatable bonds is 2. The van der Waals surface area contributed by atoms with Crippen molar-refractivity contribution in [2.45, 2.75) is 30.8 Å². The number of nitrogens with one attached hydrogen (secondary N) is 1. The van der Waals surface area contributed by atoms with E-state index in [0.717, 1.165) is 24.3 Å². The topological polar surface area (TPSA) is 53.6 Å². The fourth-order valence-corrected chi connectivity index (χ4v) is 2.99. The molecule has 4 nitrogen and oxygen atoms in total. The van der Waals surface area contributed by atoms with Crippen LogP contribution in [0.2, 0.25) is 0 Å². The van der Waals surface area contributed by atoms with Crippen molar-refractivity contribution in [3.63, 3.8) is 0 Å². The zero-order chi connectivity index (χ0) is 10.6. The van der Waals surface area contributed by atoms with Crippen LogP contribution in [0.4, 0.5) is 0 Å². The van der Waals surface area contributed by atoms with Gasteiger partial charge in [-0.15, -0.1) is 0 Å². The molecule has 1 rings (SSSR count). The number of thioether (sulfide) groups is 1. The standard InChI is InChI=1S/C9H20N4S/c1-7(2)14-8-4-5-13(6-8)9(11-3)12-10/h7-8H,4-6,10H2,1-3H3,(H,11,12). The van der Waals surface area contributed by atoms with Gasteiger partial charge in [0.1, 0.15) is 0 Å². The maximum Gasteiger partial charge on any atom is 0.208 e. The van der Waals surface area contributed by atoms with Gasteiger partial charge in [-0.05, 0) is 11.7 Å². The highest BCUT2D eigenvalue weighted by Gasteiger charge is 2.25. The van der Waals surface area contributed by atoms with E-state index in [1.165, 1.54) is 6.42 Å². The molecular formula is C9H20N4S. The summed E-state index contributed by atoms with van der Waals surface area (Å²) in [6, 6.07) is 0. The molecule has 0 radical (unpaired) electrons. The largest absolute Gasteiger partial charge is 0.341 e. The molecule has 3 N–H and O–H groups in total. The average Bonchev–Trinajstić information content (AvgIpc) is 2.54. The normalized spacial score (nSPS) is 23.4. The minimum Gasteiger partial charge on any atom is -0.341 e. The molecule has 1 unspecified atom stereocenters. The molecular weight excluding hydrogens is 196 g/mol. The minimum absolute atomic E-state index is 0.702. The highest BCUT2D eigenvalue weighted by Crippen LogP contribution is 2.25. The van der Waals surface area contributed by atoms with Crippen molar-refractivity contribution in [2.75, 3.05) is 20.1 Å². The summed E-state index contributed by atoms with van der Waals surface area (Å²) < 4.78 is 0. The Morgan fingerprint density at radius 3 is 2.86 bits per heavy atom. The number of hydrazine groups is 1. The van der Waals surface area contributed by atoms with Crippen molar-refractivity contribution < 1.29 is 0 Å². The van der Waals surface area contributed by atoms with Gasteiger partial charge in [-0.2, -0.15) is 11.8 Å². The summed E-state index contributed by atoms with van der Waals surface area (Å²) in [4.78, 5) is 6.31. The third-order valence-electron chi connectivity index (χ3n) is 2.25. The van der Waals surface area contributed by atoms with Gasteiger partial charge >= 0.3 is 0 Å². The molecule has 14 heavy (non-hydrogen) atoms. The summed E-state index contributed by atoms with van der Waals surface area (Å²) in [6.07, 6.45) is 1.23. The van der Waals surface area contributed by atoms with E-state index in [2.05, 4.69) is 29.2 Å². The summed E-state index contributed by atoms with van der Waals surface area (Å²) >= 11 is 2.04. The van der Waals surface area contributed by atoms with E-state index in [1.807, 2.05) is 11.8 Å². The van der Waals surface area contributed by atoms with Crippen LogP contribution in [0, 0.1) is 0 Å². The highest BCUT2D eigenvalue weighted by atomic mass is 32.2. The zero-order valence-electron chi connectivity index (χ0n) is 9.16. The Morgan fingerprint density at radius 1 is 1.64 bits per heavy atom. The number of likely N-dealkylation sites (tertiary alicyclic amines) is 1. The van der Waals surface area contributed by atoms with Gasteiger partial charge in [-0.1, -0.05) is 13.8 Å². The van der Waals surface area contributed by atoms with Crippen molar-refractivity contribution >= 4 is 17.7 Å². The van der Waals surface area contributed by atoms with E-state index in [1.54, 1.807) is 7.05 Å². The number of nitrogens with zero attached hydrogens (tertiary/aromatic N) is 2. The maximum atomic E-state index is 5.38. The highest BCUT2D eigenvalue weighted by molar-refractivity contribution is 8.00. The fourth-order valence-electron chi connectivity index (χ4n) is 1.71. The van der Waals surface area contributed by atoms with Crippen molar-refractivity contribution in [3.8, 4) is 0 Å². The van der Waals surface area contributed by atoms with Crippen LogP contribution in [0.1, 0.15) is 20.3 Å². The van der Waals surface area contributed by atoms with Crippen LogP contribution in [-0.4, -0.2) is 41.5 Å². The molecule has 0 amide bonds. The second-order valence-corrected chi connectivity index (χ2v) is 5.61. The van der Waals surface area contributed by atoms with Gasteiger partial charge in [-0.25, -0.2) is 5.84 Å². The average molecular weight is 216 g/mol. The summed E-state index contributed by atoms with van der Waals surface area (Å²) in [6.45, 7) is 6.59. The van der Waals surface area contributed by atoms with E-state index in [9.17, 15) is 0 Å². The van der Waals surface area contributed by atoms with Gasteiger partial charge in [0.15, 0.2) is 0 Å². The summed E-state index contributed by atoms with van der Waals surface area (Å²) in [5.74, 6) is 6.18. The lowest BCUT2D eigenvalue weighted by Gasteiger charge is -2.19. The van der Waals surface area contributed by atoms with Crippen LogP contribution in [0.15, 0.2) is 4.99 Å². The minimum atomic E-state index is 0.702. The van der Waals surface area contributed by atoms with E-state index >= 15 is 0 Å². The molecule has 1 saturated heterocycles. The first-order valence-corrected chi connectivity index (χ1v) is 5.95. The van der Waals surface area contributed by atoms with Crippen LogP contribution in [0.25, 0.3) is 0 Å². The van der Waals surface area contributed by atoms with Crippen molar-refractivity contribution in [2.24, 2.45) is 10.8 Å². The Morgan fingerprint density at radius 2 is 2.36 bits per heavy atom. The van der Waals surface area contributed by atoms with Gasteiger partial charge < -0.3 is 4.90 Å². The molecule has 0 spiro atoms. The molecule has 1 fully saturated rings. The van der Waals surface area contributed by atoms with Crippen LogP contribution in [0.3, 0.4) is 0 Å². The monoisotopic (exact) mass is 216 g/mol. The summed E-state index contributed by atoms with van der Waals surface area (Å²) in [5.41, 5.74) is 2.63. The van der Waals surface area contributed by atoms with Crippen LogP contribution < -0.4 is 11.3 Å². The quantitative estimate of drug-likeness (QED) is 0.308. The Kier molecular flexibility index (Phi) is 4.54. The van der Waals surface area contributed by atoms with Gasteiger partial charge in [0.05, 0.1) is 0 Å². The van der Waals surface area contributed by atoms with Crippen molar-refractivity contribution in [3.05, 3.63) is 0 Å². The first kappa shape index (κ1) is 11.7. The van der Waals surface area contributed by atoms with E-state index < -0.39 is 0 Å². The Bertz CT molecular complexity index is 205. The first-order valence-electron chi connectivity index (χ1n) is 5.01. The van der Waals surface area contributed by atoms with E-state index in [-0.39, 0.29) is 0 Å². The smallest absolute Gasteiger partial charge is 0.208 e. The van der Waals surface area contributed by atoms with Crippen LogP contribution in [0.5, 0.6) is 0 Å². The van der Waals surface area contributed by atoms with Crippen molar-refractivity contribution in [1.29, 1.82) is 0 Å². The van der Waals surface area contributed by atoms with Gasteiger partial charge in [0, 0.05) is 25.4 Å². The van der Waals surface area contributed by atoms with Gasteiger partial charge in [-0.3, -0.25) is 10.4 Å². The van der Waals surface area contributed by atoms with Crippen LogP contribution in [-0.2, 0) is 0 Å². The molecule has 1 atom stereocenters. The first-order chi connectivity index (χ1) is 6.67. The van der Waals surface area contributed by atoms with Crippen LogP contribution >= 0.6 is 11.8 Å². The zero-order valence-corrected chi connectivity index (χ0v) is 9.97. The lowest BCUT2D eigenvalue weighted by Crippen LogP contribution is -2.43. The molecule has 0 aromatic carbocycles. The van der Waals surface area contributed by atoms with Crippen molar-refractivity contribution in [1.82, 2.24) is 10.3 Å². The molecule has 1 aliphatic rings. The molecule has 0 saturated carbocycles. The van der Waals surface area contributed by atoms with E-state index in [4.69, 9.17) is 5.84 Å². The molecule has 5 heteroatoms. The third kappa shape index (κ3) is 3.06. The molecule has 0 aromatic rings. The number of hydrogen-bond acceptors (Lipinski definition) is 3. The molecule has 0 aromatic heterocycles. The number of guanidine groups is 1. The lowest BCUT2D eigenvalue weighted by atomic mass is 10.4. The predicted molar refractivity (Wildman–Crippen MR) is 63.4 cm³/mol. The number of aliphatic imine (C=N–C) groups is 1. The summed E-state index contributed by atoms with van der Waals surface area (Å²) in [5, 5.41) is 1.42. The number of hydrogen-bond donors (Lipinski definition) is 2. The predicted octanol–water partition coefficient (Wildman–Crippen LogP) is 0.651. The SMILES string of the molecule is CN=C(NN)N1CCC(SC(C)C)C1. The lowest BCUT2D eigenvalue weighted by molar-refractivity contribution is 0.497. The summed E-state index contributed by atoms with van der Waals surface area (Å²) in [7, 11) is 1.76.